The van der Waals surface area contributed by atoms with Gasteiger partial charge < -0.3 is 0 Å². The van der Waals surface area contributed by atoms with Crippen LogP contribution in [0.4, 0.5) is 14.5 Å². The molecule has 6 nitrogen and oxygen atoms in total. The number of rotatable bonds is 4. The zero-order valence-electron chi connectivity index (χ0n) is 9.09. The van der Waals surface area contributed by atoms with E-state index in [0.29, 0.717) is 0 Å². The average molecular weight is 300 g/mol. The third-order valence-corrected chi connectivity index (χ3v) is 3.91. The Morgan fingerprint density at radius 1 is 1.22 bits per heavy atom. The molecule has 1 rings (SSSR count). The lowest BCUT2D eigenvalue weighted by Crippen LogP contribution is -2.21. The van der Waals surface area contributed by atoms with E-state index in [0.717, 1.165) is 12.1 Å². The molecule has 1 aromatic rings. The molecular weight excluding hydrogens is 290 g/mol. The highest BCUT2D eigenvalue weighted by Crippen LogP contribution is 2.22. The zero-order chi connectivity index (χ0) is 14.1. The van der Waals surface area contributed by atoms with E-state index in [1.165, 1.54) is 13.0 Å². The van der Waals surface area contributed by atoms with Crippen molar-refractivity contribution in [1.29, 1.82) is 0 Å². The van der Waals surface area contributed by atoms with E-state index in [-0.39, 0.29) is 16.1 Å². The normalized spacial score (nSPS) is 12.7. The number of halogens is 2. The first-order valence-electron chi connectivity index (χ1n) is 4.47. The minimum Gasteiger partial charge on any atom is -0.278 e. The molecule has 0 unspecified atom stereocenters. The predicted octanol–water partition coefficient (Wildman–Crippen LogP) is 0.607. The summed E-state index contributed by atoms with van der Waals surface area (Å²) in [5.41, 5.74) is 0.0217. The number of nitrogens with two attached hydrogens (primary N) is 1. The maximum Gasteiger partial charge on any atom is 0.355 e. The number of primary sulfonamides is 1. The van der Waals surface area contributed by atoms with Crippen molar-refractivity contribution in [3.05, 3.63) is 23.8 Å². The van der Waals surface area contributed by atoms with Gasteiger partial charge in [0, 0.05) is 0 Å². The van der Waals surface area contributed by atoms with Gasteiger partial charge in [-0.1, -0.05) is 6.07 Å². The Morgan fingerprint density at radius 3 is 2.22 bits per heavy atom. The molecular formula is C8H10F2N2O4S2. The second kappa shape index (κ2) is 4.78. The van der Waals surface area contributed by atoms with E-state index < -0.39 is 25.8 Å². The molecule has 0 bridgehead atoms. The lowest BCUT2D eigenvalue weighted by molar-refractivity contribution is 0.236. The highest BCUT2D eigenvalue weighted by Gasteiger charge is 2.24. The first kappa shape index (κ1) is 14.8. The third-order valence-electron chi connectivity index (χ3n) is 2.02. The van der Waals surface area contributed by atoms with E-state index in [2.05, 4.69) is 0 Å². The summed E-state index contributed by atoms with van der Waals surface area (Å²) in [6, 6.07) is 3.28. The monoisotopic (exact) mass is 300 g/mol. The molecule has 0 saturated carbocycles. The molecule has 0 aromatic heterocycles. The summed E-state index contributed by atoms with van der Waals surface area (Å²) in [5.74, 6) is -3.62. The van der Waals surface area contributed by atoms with Gasteiger partial charge in [0.15, 0.2) is 0 Å². The summed E-state index contributed by atoms with van der Waals surface area (Å²) < 4.78 is 70.0. The minimum atomic E-state index is -4.85. The second-order valence-electron chi connectivity index (χ2n) is 3.43. The van der Waals surface area contributed by atoms with Gasteiger partial charge in [-0.15, -0.1) is 0 Å². The first-order chi connectivity index (χ1) is 8.04. The lowest BCUT2D eigenvalue weighted by Gasteiger charge is -2.10. The summed E-state index contributed by atoms with van der Waals surface area (Å²) in [6.45, 7) is 1.43. The fraction of sp³-hybridized carbons (Fsp3) is 0.250. The number of hydrogen-bond acceptors (Lipinski definition) is 4. The first-order valence-corrected chi connectivity index (χ1v) is 7.56. The molecule has 0 heterocycles. The SMILES string of the molecule is Cc1ccc(S(N)(=O)=O)cc1NS(=O)(=O)C(F)F. The molecule has 0 amide bonds. The maximum absolute atomic E-state index is 12.2. The molecule has 0 saturated heterocycles. The summed E-state index contributed by atoms with van der Waals surface area (Å²) in [5, 5.41) is 4.85. The van der Waals surface area contributed by atoms with Crippen LogP contribution in [0, 0.1) is 6.92 Å². The van der Waals surface area contributed by atoms with E-state index in [1.807, 2.05) is 0 Å². The van der Waals surface area contributed by atoms with Gasteiger partial charge in [-0.05, 0) is 24.6 Å². The fourth-order valence-corrected chi connectivity index (χ4v) is 2.24. The average Bonchev–Trinajstić information content (AvgIpc) is 2.19. The van der Waals surface area contributed by atoms with Crippen molar-refractivity contribution < 1.29 is 25.6 Å². The molecule has 18 heavy (non-hydrogen) atoms. The highest BCUT2D eigenvalue weighted by molar-refractivity contribution is 7.93. The third kappa shape index (κ3) is 3.37. The molecule has 0 aliphatic rings. The summed E-state index contributed by atoms with van der Waals surface area (Å²) in [6.07, 6.45) is 0. The van der Waals surface area contributed by atoms with Crippen LogP contribution in [0.5, 0.6) is 0 Å². The molecule has 0 aliphatic heterocycles. The van der Waals surface area contributed by atoms with E-state index in [4.69, 9.17) is 5.14 Å². The topological polar surface area (TPSA) is 106 Å². The molecule has 10 heteroatoms. The lowest BCUT2D eigenvalue weighted by atomic mass is 10.2. The molecule has 0 atom stereocenters. The molecule has 0 radical (unpaired) electrons. The van der Waals surface area contributed by atoms with Crippen LogP contribution in [0.1, 0.15) is 5.56 Å². The zero-order valence-corrected chi connectivity index (χ0v) is 10.7. The number of sulfonamides is 2. The Balaban J connectivity index is 3.27. The quantitative estimate of drug-likeness (QED) is 0.849. The second-order valence-corrected chi connectivity index (χ2v) is 6.64. The van der Waals surface area contributed by atoms with Crippen LogP contribution in [-0.2, 0) is 20.0 Å². The van der Waals surface area contributed by atoms with Crippen LogP contribution in [0.25, 0.3) is 0 Å². The fourth-order valence-electron chi connectivity index (χ4n) is 1.09. The van der Waals surface area contributed by atoms with Crippen molar-refractivity contribution in [3.8, 4) is 0 Å². The summed E-state index contributed by atoms with van der Waals surface area (Å²) in [4.78, 5) is -0.375. The predicted molar refractivity (Wildman–Crippen MR) is 61.1 cm³/mol. The van der Waals surface area contributed by atoms with Crippen molar-refractivity contribution >= 4 is 25.7 Å². The Kier molecular flexibility index (Phi) is 3.93. The van der Waals surface area contributed by atoms with Gasteiger partial charge in [-0.25, -0.2) is 22.0 Å². The van der Waals surface area contributed by atoms with Crippen molar-refractivity contribution in [3.63, 3.8) is 0 Å². The molecule has 0 spiro atoms. The largest absolute Gasteiger partial charge is 0.355 e. The molecule has 0 fully saturated rings. The van der Waals surface area contributed by atoms with E-state index in [9.17, 15) is 25.6 Å². The summed E-state index contributed by atoms with van der Waals surface area (Å²) in [7, 11) is -8.90. The number of anilines is 1. The van der Waals surface area contributed by atoms with Crippen molar-refractivity contribution in [2.24, 2.45) is 5.14 Å². The van der Waals surface area contributed by atoms with E-state index >= 15 is 0 Å². The minimum absolute atomic E-state index is 0.262. The summed E-state index contributed by atoms with van der Waals surface area (Å²) >= 11 is 0. The molecule has 0 aliphatic carbocycles. The number of hydrogen-bond donors (Lipinski definition) is 2. The van der Waals surface area contributed by atoms with Crippen LogP contribution >= 0.6 is 0 Å². The van der Waals surface area contributed by atoms with Crippen LogP contribution in [0.3, 0.4) is 0 Å². The van der Waals surface area contributed by atoms with Crippen LogP contribution in [0.2, 0.25) is 0 Å². The van der Waals surface area contributed by atoms with Gasteiger partial charge in [0.25, 0.3) is 10.0 Å². The number of alkyl halides is 2. The standard InChI is InChI=1S/C8H10F2N2O4S2/c1-5-2-3-6(17(11,13)14)4-7(5)12-18(15,16)8(9)10/h2-4,8,12H,1H3,(H2,11,13,14). The smallest absolute Gasteiger partial charge is 0.278 e. The molecule has 3 N–H and O–H groups in total. The number of nitrogens with one attached hydrogen (secondary N) is 1. The van der Waals surface area contributed by atoms with Gasteiger partial charge >= 0.3 is 5.76 Å². The van der Waals surface area contributed by atoms with Gasteiger partial charge in [0.1, 0.15) is 0 Å². The Morgan fingerprint density at radius 2 is 1.78 bits per heavy atom. The highest BCUT2D eigenvalue weighted by atomic mass is 32.2. The Bertz CT molecular complexity index is 656. The van der Waals surface area contributed by atoms with Gasteiger partial charge in [0.2, 0.25) is 10.0 Å². The van der Waals surface area contributed by atoms with Gasteiger partial charge in [0.05, 0.1) is 10.6 Å². The maximum atomic E-state index is 12.2. The molecule has 102 valence electrons. The van der Waals surface area contributed by atoms with E-state index in [1.54, 1.807) is 4.72 Å². The van der Waals surface area contributed by atoms with Crippen LogP contribution < -0.4 is 9.86 Å². The molecule has 1 aromatic carbocycles. The van der Waals surface area contributed by atoms with Crippen molar-refractivity contribution in [2.45, 2.75) is 17.6 Å². The van der Waals surface area contributed by atoms with Crippen LogP contribution in [-0.4, -0.2) is 22.6 Å². The van der Waals surface area contributed by atoms with Crippen LogP contribution in [0.15, 0.2) is 23.1 Å². The Hall–Kier alpha value is -1.26. The van der Waals surface area contributed by atoms with Crippen molar-refractivity contribution in [1.82, 2.24) is 0 Å². The number of aryl methyl sites for hydroxylation is 1. The van der Waals surface area contributed by atoms with Crippen molar-refractivity contribution in [2.75, 3.05) is 4.72 Å². The Labute approximate surface area is 103 Å². The van der Waals surface area contributed by atoms with Gasteiger partial charge in [-0.3, -0.25) is 4.72 Å². The number of benzene rings is 1. The van der Waals surface area contributed by atoms with Gasteiger partial charge in [-0.2, -0.15) is 8.78 Å².